The van der Waals surface area contributed by atoms with E-state index in [1.165, 1.54) is 6.33 Å². The van der Waals surface area contributed by atoms with E-state index in [0.717, 1.165) is 0 Å². The summed E-state index contributed by atoms with van der Waals surface area (Å²) in [5.74, 6) is 1.33. The Hall–Kier alpha value is -3.17. The average Bonchev–Trinajstić information content (AvgIpc) is 3.07. The highest BCUT2D eigenvalue weighted by atomic mass is 16.6. The second-order valence-electron chi connectivity index (χ2n) is 6.17. The summed E-state index contributed by atoms with van der Waals surface area (Å²) in [5, 5.41) is 9.74. The summed E-state index contributed by atoms with van der Waals surface area (Å²) < 4.78 is 9.98. The van der Waals surface area contributed by atoms with Crippen molar-refractivity contribution < 1.29 is 18.8 Å². The van der Waals surface area contributed by atoms with E-state index in [-0.39, 0.29) is 23.7 Å². The highest BCUT2D eigenvalue weighted by Crippen LogP contribution is 2.15. The minimum Gasteiger partial charge on any atom is -0.450 e. The van der Waals surface area contributed by atoms with Crippen molar-refractivity contribution in [2.24, 2.45) is 0 Å². The molecule has 2 N–H and O–H groups in total. The Morgan fingerprint density at radius 1 is 1.26 bits per heavy atom. The van der Waals surface area contributed by atoms with Gasteiger partial charge in [0.05, 0.1) is 6.61 Å². The number of anilines is 2. The Morgan fingerprint density at radius 3 is 2.70 bits per heavy atom. The largest absolute Gasteiger partial charge is 0.450 e. The lowest BCUT2D eigenvalue weighted by molar-refractivity contribution is 0.0856. The summed E-state index contributed by atoms with van der Waals surface area (Å²) in [4.78, 5) is 33.9. The minimum absolute atomic E-state index is 0.0206. The molecule has 27 heavy (non-hydrogen) atoms. The molecule has 0 aromatic carbocycles. The van der Waals surface area contributed by atoms with Gasteiger partial charge in [0.1, 0.15) is 23.6 Å². The molecule has 3 rings (SSSR count). The van der Waals surface area contributed by atoms with Gasteiger partial charge in [-0.15, -0.1) is 0 Å². The molecule has 0 aliphatic carbocycles. The Morgan fingerprint density at radius 2 is 2.04 bits per heavy atom. The van der Waals surface area contributed by atoms with Gasteiger partial charge in [0, 0.05) is 31.3 Å². The van der Waals surface area contributed by atoms with Crippen molar-refractivity contribution in [3.63, 3.8) is 0 Å². The Kier molecular flexibility index (Phi) is 5.84. The van der Waals surface area contributed by atoms with Crippen LogP contribution in [0.15, 0.2) is 23.0 Å². The van der Waals surface area contributed by atoms with Gasteiger partial charge in [-0.25, -0.2) is 14.8 Å². The zero-order valence-corrected chi connectivity index (χ0v) is 15.3. The summed E-state index contributed by atoms with van der Waals surface area (Å²) >= 11 is 0. The molecule has 2 aromatic rings. The molecule has 1 aliphatic heterocycles. The number of amides is 2. The van der Waals surface area contributed by atoms with Crippen LogP contribution in [-0.4, -0.2) is 57.8 Å². The van der Waals surface area contributed by atoms with Crippen LogP contribution in [0.5, 0.6) is 0 Å². The normalized spacial score (nSPS) is 14.7. The van der Waals surface area contributed by atoms with Crippen LogP contribution in [0.3, 0.4) is 0 Å². The van der Waals surface area contributed by atoms with Crippen LogP contribution < -0.4 is 10.6 Å². The number of aryl methyl sites for hydroxylation is 1. The SMILES string of the molecule is CCOC(=O)N1CCC(NC(=O)c2cc(Nc3cc(C)on3)ncn2)CC1. The molecule has 10 heteroatoms. The van der Waals surface area contributed by atoms with Gasteiger partial charge in [-0.1, -0.05) is 5.16 Å². The molecule has 1 aliphatic rings. The molecule has 0 atom stereocenters. The van der Waals surface area contributed by atoms with E-state index in [2.05, 4.69) is 25.8 Å². The third-order valence-corrected chi connectivity index (χ3v) is 4.14. The summed E-state index contributed by atoms with van der Waals surface area (Å²) in [6, 6.07) is 3.25. The quantitative estimate of drug-likeness (QED) is 0.813. The number of ether oxygens (including phenoxy) is 1. The number of piperidine rings is 1. The first-order chi connectivity index (χ1) is 13.0. The number of hydrogen-bond donors (Lipinski definition) is 2. The van der Waals surface area contributed by atoms with Crippen molar-refractivity contribution in [2.75, 3.05) is 25.0 Å². The van der Waals surface area contributed by atoms with Crippen molar-refractivity contribution >= 4 is 23.6 Å². The van der Waals surface area contributed by atoms with Gasteiger partial charge in [-0.05, 0) is 26.7 Å². The van der Waals surface area contributed by atoms with E-state index in [1.54, 1.807) is 30.9 Å². The smallest absolute Gasteiger partial charge is 0.409 e. The monoisotopic (exact) mass is 374 g/mol. The van der Waals surface area contributed by atoms with Gasteiger partial charge in [-0.3, -0.25) is 4.79 Å². The molecule has 0 spiro atoms. The van der Waals surface area contributed by atoms with E-state index < -0.39 is 0 Å². The first kappa shape index (κ1) is 18.6. The van der Waals surface area contributed by atoms with Crippen LogP contribution in [0.1, 0.15) is 36.0 Å². The van der Waals surface area contributed by atoms with Crippen LogP contribution in [0.25, 0.3) is 0 Å². The van der Waals surface area contributed by atoms with Crippen molar-refractivity contribution in [3.05, 3.63) is 29.9 Å². The number of carbonyl (C=O) groups is 2. The summed E-state index contributed by atoms with van der Waals surface area (Å²) in [6.07, 6.45) is 2.34. The van der Waals surface area contributed by atoms with E-state index in [9.17, 15) is 9.59 Å². The van der Waals surface area contributed by atoms with Crippen molar-refractivity contribution in [3.8, 4) is 0 Å². The molecule has 3 heterocycles. The van der Waals surface area contributed by atoms with Gasteiger partial charge in [-0.2, -0.15) is 0 Å². The number of nitrogens with one attached hydrogen (secondary N) is 2. The summed E-state index contributed by atoms with van der Waals surface area (Å²) in [5.41, 5.74) is 0.250. The third kappa shape index (κ3) is 4.93. The van der Waals surface area contributed by atoms with Crippen LogP contribution >= 0.6 is 0 Å². The van der Waals surface area contributed by atoms with Crippen molar-refractivity contribution in [1.82, 2.24) is 25.3 Å². The molecular formula is C17H22N6O4. The molecule has 2 amide bonds. The first-order valence-corrected chi connectivity index (χ1v) is 8.80. The molecule has 1 fully saturated rings. The second-order valence-corrected chi connectivity index (χ2v) is 6.17. The molecule has 1 saturated heterocycles. The van der Waals surface area contributed by atoms with Gasteiger partial charge in [0.15, 0.2) is 5.82 Å². The number of rotatable bonds is 5. The topological polar surface area (TPSA) is 122 Å². The van der Waals surface area contributed by atoms with E-state index >= 15 is 0 Å². The Balaban J connectivity index is 1.54. The average molecular weight is 374 g/mol. The highest BCUT2D eigenvalue weighted by Gasteiger charge is 2.25. The summed E-state index contributed by atoms with van der Waals surface area (Å²) in [6.45, 7) is 5.01. The maximum absolute atomic E-state index is 12.5. The van der Waals surface area contributed by atoms with Crippen LogP contribution in [0.4, 0.5) is 16.4 Å². The molecule has 10 nitrogen and oxygen atoms in total. The number of hydrogen-bond acceptors (Lipinski definition) is 8. The molecule has 144 valence electrons. The van der Waals surface area contributed by atoms with E-state index in [4.69, 9.17) is 9.26 Å². The van der Waals surface area contributed by atoms with Crippen molar-refractivity contribution in [2.45, 2.75) is 32.7 Å². The fraction of sp³-hybridized carbons (Fsp3) is 0.471. The molecule has 0 radical (unpaired) electrons. The predicted octanol–water partition coefficient (Wildman–Crippen LogP) is 1.87. The van der Waals surface area contributed by atoms with E-state index in [0.29, 0.717) is 49.9 Å². The Bertz CT molecular complexity index is 800. The minimum atomic E-state index is -0.308. The Labute approximate surface area is 156 Å². The van der Waals surface area contributed by atoms with E-state index in [1.807, 2.05) is 0 Å². The molecule has 0 bridgehead atoms. The number of nitrogens with zero attached hydrogens (tertiary/aromatic N) is 4. The summed E-state index contributed by atoms with van der Waals surface area (Å²) in [7, 11) is 0. The molecule has 2 aromatic heterocycles. The van der Waals surface area contributed by atoms with Gasteiger partial charge < -0.3 is 24.8 Å². The first-order valence-electron chi connectivity index (χ1n) is 8.80. The maximum Gasteiger partial charge on any atom is 0.409 e. The van der Waals surface area contributed by atoms with Crippen LogP contribution in [0, 0.1) is 6.92 Å². The second kappa shape index (κ2) is 8.47. The van der Waals surface area contributed by atoms with Gasteiger partial charge in [0.2, 0.25) is 0 Å². The lowest BCUT2D eigenvalue weighted by atomic mass is 10.1. The maximum atomic E-state index is 12.5. The lowest BCUT2D eigenvalue weighted by Crippen LogP contribution is -2.46. The van der Waals surface area contributed by atoms with Gasteiger partial charge in [0.25, 0.3) is 5.91 Å². The van der Waals surface area contributed by atoms with Crippen LogP contribution in [-0.2, 0) is 4.74 Å². The fourth-order valence-corrected chi connectivity index (χ4v) is 2.79. The fourth-order valence-electron chi connectivity index (χ4n) is 2.79. The number of carbonyl (C=O) groups excluding carboxylic acids is 2. The zero-order valence-electron chi connectivity index (χ0n) is 15.3. The molecule has 0 saturated carbocycles. The predicted molar refractivity (Wildman–Crippen MR) is 95.6 cm³/mol. The lowest BCUT2D eigenvalue weighted by Gasteiger charge is -2.31. The molecule has 0 unspecified atom stereocenters. The molecular weight excluding hydrogens is 352 g/mol. The standard InChI is InChI=1S/C17H22N6O4/c1-3-26-17(25)23-6-4-12(5-7-23)20-16(24)13-9-14(19-10-18-13)21-15-8-11(2)27-22-15/h8-10,12H,3-7H2,1-2H3,(H,20,24)(H,18,19,21,22). The van der Waals surface area contributed by atoms with Crippen molar-refractivity contribution in [1.29, 1.82) is 0 Å². The zero-order chi connectivity index (χ0) is 19.2. The van der Waals surface area contributed by atoms with Crippen LogP contribution in [0.2, 0.25) is 0 Å². The third-order valence-electron chi connectivity index (χ3n) is 4.14. The number of likely N-dealkylation sites (tertiary alicyclic amines) is 1. The van der Waals surface area contributed by atoms with Gasteiger partial charge >= 0.3 is 6.09 Å². The highest BCUT2D eigenvalue weighted by molar-refractivity contribution is 5.93. The number of aromatic nitrogens is 3.